The second kappa shape index (κ2) is 8.16. The Kier molecular flexibility index (Phi) is 5.86. The first-order valence-corrected chi connectivity index (χ1v) is 9.99. The Labute approximate surface area is 168 Å². The number of carbonyl (C=O) groups excluding carboxylic acids is 2. The standard InChI is InChI=1S/C21H24N2O4S/c1-13-12-14(27-4)7-8-15(13)19(24)17-18(16-6-5-11-28-16)23(10-9-22(2)3)21(26)20(17)25/h5-8,11-12,18,24H,9-10H2,1-4H3/p+1/t18-/m0/s1. The van der Waals surface area contributed by atoms with E-state index < -0.39 is 17.7 Å². The SMILES string of the molecule is COc1ccc(C(O)=C2C(=O)C(=O)N(CC[NH+](C)C)[C@H]2c2cccs2)c(C)c1. The van der Waals surface area contributed by atoms with Crippen molar-refractivity contribution in [2.45, 2.75) is 13.0 Å². The van der Waals surface area contributed by atoms with Gasteiger partial charge in [0.15, 0.2) is 0 Å². The summed E-state index contributed by atoms with van der Waals surface area (Å²) in [6, 6.07) is 8.45. The number of thiophene rings is 1. The summed E-state index contributed by atoms with van der Waals surface area (Å²) in [4.78, 5) is 29.3. The fraction of sp³-hybridized carbons (Fsp3) is 0.333. The largest absolute Gasteiger partial charge is 0.507 e. The van der Waals surface area contributed by atoms with E-state index in [1.807, 2.05) is 38.5 Å². The smallest absolute Gasteiger partial charge is 0.295 e. The van der Waals surface area contributed by atoms with E-state index in [1.54, 1.807) is 30.2 Å². The summed E-state index contributed by atoms with van der Waals surface area (Å²) >= 11 is 1.47. The number of Topliss-reactive ketones (excluding diaryl/α,β-unsaturated/α-hetero) is 1. The van der Waals surface area contributed by atoms with Crippen molar-refractivity contribution in [2.75, 3.05) is 34.3 Å². The summed E-state index contributed by atoms with van der Waals surface area (Å²) < 4.78 is 5.22. The highest BCUT2D eigenvalue weighted by molar-refractivity contribution is 7.10. The summed E-state index contributed by atoms with van der Waals surface area (Å²) in [5.41, 5.74) is 1.44. The van der Waals surface area contributed by atoms with E-state index in [1.165, 1.54) is 16.2 Å². The molecule has 0 bridgehead atoms. The maximum atomic E-state index is 12.9. The molecular formula is C21H25N2O4S+. The van der Waals surface area contributed by atoms with Crippen molar-refractivity contribution in [1.29, 1.82) is 0 Å². The number of carbonyl (C=O) groups is 2. The van der Waals surface area contributed by atoms with Crippen molar-refractivity contribution in [3.05, 3.63) is 57.3 Å². The number of hydrogen-bond donors (Lipinski definition) is 2. The van der Waals surface area contributed by atoms with Gasteiger partial charge in [0.25, 0.3) is 11.7 Å². The molecule has 28 heavy (non-hydrogen) atoms. The number of ketones is 1. The lowest BCUT2D eigenvalue weighted by Crippen LogP contribution is -3.06. The van der Waals surface area contributed by atoms with Crippen molar-refractivity contribution in [3.8, 4) is 5.75 Å². The number of amides is 1. The second-order valence-corrected chi connectivity index (χ2v) is 8.13. The van der Waals surface area contributed by atoms with Crippen LogP contribution in [0.15, 0.2) is 41.3 Å². The first-order chi connectivity index (χ1) is 13.3. The van der Waals surface area contributed by atoms with Crippen LogP contribution < -0.4 is 9.64 Å². The molecule has 0 radical (unpaired) electrons. The monoisotopic (exact) mass is 401 g/mol. The quantitative estimate of drug-likeness (QED) is 0.439. The van der Waals surface area contributed by atoms with Gasteiger partial charge in [-0.25, -0.2) is 0 Å². The van der Waals surface area contributed by atoms with Gasteiger partial charge in [-0.15, -0.1) is 11.3 Å². The first-order valence-electron chi connectivity index (χ1n) is 9.11. The summed E-state index contributed by atoms with van der Waals surface area (Å²) in [7, 11) is 5.57. The van der Waals surface area contributed by atoms with Gasteiger partial charge >= 0.3 is 0 Å². The predicted octanol–water partition coefficient (Wildman–Crippen LogP) is 1.63. The second-order valence-electron chi connectivity index (χ2n) is 7.15. The van der Waals surface area contributed by atoms with Gasteiger partial charge in [-0.3, -0.25) is 9.59 Å². The molecular weight excluding hydrogens is 376 g/mol. The zero-order valence-corrected chi connectivity index (χ0v) is 17.3. The number of hydrogen-bond acceptors (Lipinski definition) is 5. The average Bonchev–Trinajstić information content (AvgIpc) is 3.27. The minimum Gasteiger partial charge on any atom is -0.507 e. The molecule has 148 valence electrons. The van der Waals surface area contributed by atoms with Crippen LogP contribution in [0.25, 0.3) is 5.76 Å². The molecule has 1 aliphatic heterocycles. The Morgan fingerprint density at radius 3 is 2.61 bits per heavy atom. The van der Waals surface area contributed by atoms with Crippen LogP contribution in [0.3, 0.4) is 0 Å². The van der Waals surface area contributed by atoms with Gasteiger partial charge in [-0.2, -0.15) is 0 Å². The number of aliphatic hydroxyl groups excluding tert-OH is 1. The molecule has 0 saturated carbocycles. The number of methoxy groups -OCH3 is 1. The number of aliphatic hydroxyl groups is 1. The molecule has 1 atom stereocenters. The predicted molar refractivity (Wildman–Crippen MR) is 109 cm³/mol. The van der Waals surface area contributed by atoms with Crippen LogP contribution in [-0.4, -0.2) is 56.0 Å². The van der Waals surface area contributed by atoms with Gasteiger partial charge in [-0.05, 0) is 42.1 Å². The Morgan fingerprint density at radius 2 is 2.04 bits per heavy atom. The number of quaternary nitrogens is 1. The Morgan fingerprint density at radius 1 is 1.29 bits per heavy atom. The third kappa shape index (κ3) is 3.68. The molecule has 2 heterocycles. The summed E-state index contributed by atoms with van der Waals surface area (Å²) in [6.45, 7) is 2.98. The van der Waals surface area contributed by atoms with Gasteiger partial charge in [0, 0.05) is 10.4 Å². The number of likely N-dealkylation sites (N-methyl/N-ethyl adjacent to an activating group) is 1. The first kappa shape index (κ1) is 20.1. The van der Waals surface area contributed by atoms with Crippen molar-refractivity contribution >= 4 is 28.8 Å². The van der Waals surface area contributed by atoms with Crippen molar-refractivity contribution in [3.63, 3.8) is 0 Å². The van der Waals surface area contributed by atoms with E-state index in [0.29, 0.717) is 24.4 Å². The van der Waals surface area contributed by atoms with Crippen LogP contribution in [0, 0.1) is 6.92 Å². The van der Waals surface area contributed by atoms with Gasteiger partial charge in [-0.1, -0.05) is 6.07 Å². The maximum absolute atomic E-state index is 12.9. The molecule has 0 unspecified atom stereocenters. The summed E-state index contributed by atoms with van der Waals surface area (Å²) in [6.07, 6.45) is 0. The third-order valence-electron chi connectivity index (χ3n) is 4.89. The molecule has 3 rings (SSSR count). The molecule has 1 saturated heterocycles. The van der Waals surface area contributed by atoms with Crippen molar-refractivity contribution in [1.82, 2.24) is 4.90 Å². The molecule has 1 aromatic heterocycles. The van der Waals surface area contributed by atoms with E-state index in [-0.39, 0.29) is 11.3 Å². The van der Waals surface area contributed by atoms with Crippen molar-refractivity contribution in [2.24, 2.45) is 0 Å². The third-order valence-corrected chi connectivity index (χ3v) is 5.82. The molecule has 1 aromatic carbocycles. The molecule has 6 nitrogen and oxygen atoms in total. The van der Waals surface area contributed by atoms with Crippen LogP contribution in [-0.2, 0) is 9.59 Å². The zero-order chi connectivity index (χ0) is 20.4. The van der Waals surface area contributed by atoms with Crippen LogP contribution in [0.4, 0.5) is 0 Å². The molecule has 7 heteroatoms. The fourth-order valence-electron chi connectivity index (χ4n) is 3.37. The minimum atomic E-state index is -0.639. The highest BCUT2D eigenvalue weighted by atomic mass is 32.1. The number of nitrogens with zero attached hydrogens (tertiary/aromatic N) is 1. The maximum Gasteiger partial charge on any atom is 0.295 e. The van der Waals surface area contributed by atoms with Gasteiger partial charge in [0.1, 0.15) is 11.5 Å². The van der Waals surface area contributed by atoms with Crippen LogP contribution >= 0.6 is 11.3 Å². The molecule has 0 spiro atoms. The normalized spacial score (nSPS) is 18.9. The number of rotatable bonds is 6. The van der Waals surface area contributed by atoms with E-state index in [2.05, 4.69) is 0 Å². The molecule has 1 amide bonds. The summed E-state index contributed by atoms with van der Waals surface area (Å²) in [5, 5.41) is 13.0. The summed E-state index contributed by atoms with van der Waals surface area (Å²) in [5.74, 6) is -0.679. The van der Waals surface area contributed by atoms with Crippen LogP contribution in [0.2, 0.25) is 0 Å². The highest BCUT2D eigenvalue weighted by Gasteiger charge is 2.46. The van der Waals surface area contributed by atoms with E-state index in [4.69, 9.17) is 4.74 Å². The topological polar surface area (TPSA) is 71.3 Å². The number of nitrogens with one attached hydrogen (secondary N) is 1. The fourth-order valence-corrected chi connectivity index (χ4v) is 4.22. The lowest BCUT2D eigenvalue weighted by atomic mass is 9.97. The Hall–Kier alpha value is -2.64. The van der Waals surface area contributed by atoms with Gasteiger partial charge in [0.05, 0.1) is 45.9 Å². The zero-order valence-electron chi connectivity index (χ0n) is 16.5. The average molecular weight is 402 g/mol. The van der Waals surface area contributed by atoms with Crippen molar-refractivity contribution < 1.29 is 24.3 Å². The highest BCUT2D eigenvalue weighted by Crippen LogP contribution is 2.41. The lowest BCUT2D eigenvalue weighted by molar-refractivity contribution is -0.857. The molecule has 0 aliphatic carbocycles. The van der Waals surface area contributed by atoms with Gasteiger partial charge in [0.2, 0.25) is 0 Å². The molecule has 1 fully saturated rings. The number of ether oxygens (including phenoxy) is 1. The number of likely N-dealkylation sites (tertiary alicyclic amines) is 1. The minimum absolute atomic E-state index is 0.142. The number of aryl methyl sites for hydroxylation is 1. The van der Waals surface area contributed by atoms with E-state index >= 15 is 0 Å². The molecule has 2 N–H and O–H groups in total. The molecule has 1 aliphatic rings. The molecule has 2 aromatic rings. The van der Waals surface area contributed by atoms with Crippen LogP contribution in [0.5, 0.6) is 5.75 Å². The Balaban J connectivity index is 2.12. The van der Waals surface area contributed by atoms with E-state index in [9.17, 15) is 14.7 Å². The van der Waals surface area contributed by atoms with Crippen LogP contribution in [0.1, 0.15) is 22.0 Å². The Bertz CT molecular complexity index is 918. The van der Waals surface area contributed by atoms with E-state index in [0.717, 1.165) is 10.4 Å². The number of benzene rings is 1. The lowest BCUT2D eigenvalue weighted by Gasteiger charge is -2.24. The van der Waals surface area contributed by atoms with Gasteiger partial charge < -0.3 is 19.6 Å².